The molecule has 0 radical (unpaired) electrons. The molecular formula is C9H12BrN. The van der Waals surface area contributed by atoms with E-state index in [2.05, 4.69) is 41.3 Å². The molecule has 0 aliphatic carbocycles. The van der Waals surface area contributed by atoms with Crippen LogP contribution in [0.25, 0.3) is 5.57 Å². The zero-order chi connectivity index (χ0) is 8.43. The monoisotopic (exact) mass is 213 g/mol. The van der Waals surface area contributed by atoms with E-state index >= 15 is 0 Å². The fourth-order valence-corrected chi connectivity index (χ4v) is 1.55. The highest BCUT2D eigenvalue weighted by molar-refractivity contribution is 9.09. The van der Waals surface area contributed by atoms with E-state index in [9.17, 15) is 0 Å². The van der Waals surface area contributed by atoms with Crippen molar-refractivity contribution >= 4 is 21.5 Å². The largest absolute Gasteiger partial charge is 0.364 e. The van der Waals surface area contributed by atoms with Crippen LogP contribution >= 0.6 is 15.9 Å². The van der Waals surface area contributed by atoms with E-state index in [4.69, 9.17) is 0 Å². The maximum Gasteiger partial charge on any atom is 0.0283 e. The van der Waals surface area contributed by atoms with E-state index < -0.39 is 0 Å². The first-order valence-electron chi connectivity index (χ1n) is 3.55. The predicted octanol–water partition coefficient (Wildman–Crippen LogP) is 3.04. The Hall–Kier alpha value is -0.500. The van der Waals surface area contributed by atoms with Gasteiger partial charge < -0.3 is 4.98 Å². The van der Waals surface area contributed by atoms with Gasteiger partial charge in [-0.2, -0.15) is 0 Å². The summed E-state index contributed by atoms with van der Waals surface area (Å²) < 4.78 is 0. The van der Waals surface area contributed by atoms with Crippen molar-refractivity contribution in [3.05, 3.63) is 29.6 Å². The molecule has 2 heteroatoms. The minimum atomic E-state index is 0.840. The van der Waals surface area contributed by atoms with Crippen LogP contribution in [0.2, 0.25) is 0 Å². The third kappa shape index (κ3) is 1.56. The van der Waals surface area contributed by atoms with Crippen molar-refractivity contribution < 1.29 is 0 Å². The smallest absolute Gasteiger partial charge is 0.0283 e. The predicted molar refractivity (Wildman–Crippen MR) is 53.1 cm³/mol. The molecule has 0 saturated carbocycles. The Morgan fingerprint density at radius 1 is 1.64 bits per heavy atom. The van der Waals surface area contributed by atoms with Crippen molar-refractivity contribution in [1.82, 2.24) is 4.98 Å². The molecule has 1 aromatic rings. The second-order valence-corrected chi connectivity index (χ2v) is 3.27. The number of rotatable bonds is 2. The van der Waals surface area contributed by atoms with Gasteiger partial charge in [0.15, 0.2) is 0 Å². The van der Waals surface area contributed by atoms with Gasteiger partial charge in [-0.1, -0.05) is 22.5 Å². The highest BCUT2D eigenvalue weighted by Crippen LogP contribution is 2.21. The average Bonchev–Trinajstić information content (AvgIpc) is 2.30. The van der Waals surface area contributed by atoms with Crippen LogP contribution in [-0.4, -0.2) is 10.3 Å². The molecule has 0 saturated heterocycles. The zero-order valence-corrected chi connectivity index (χ0v) is 8.46. The summed E-state index contributed by atoms with van der Waals surface area (Å²) in [5.74, 6) is 0. The van der Waals surface area contributed by atoms with E-state index in [1.165, 1.54) is 16.8 Å². The fourth-order valence-electron chi connectivity index (χ4n) is 1.27. The Morgan fingerprint density at radius 2 is 2.27 bits per heavy atom. The van der Waals surface area contributed by atoms with Crippen molar-refractivity contribution in [3.8, 4) is 0 Å². The summed E-state index contributed by atoms with van der Waals surface area (Å²) in [6, 6.07) is 0. The Balaban J connectivity index is 3.10. The Morgan fingerprint density at radius 3 is 2.64 bits per heavy atom. The second-order valence-electron chi connectivity index (χ2n) is 2.71. The number of allylic oxidation sites excluding steroid dienone is 1. The van der Waals surface area contributed by atoms with Crippen molar-refractivity contribution in [2.75, 3.05) is 5.33 Å². The molecule has 0 aliphatic rings. The first-order chi connectivity index (χ1) is 5.16. The first kappa shape index (κ1) is 8.60. The van der Waals surface area contributed by atoms with Crippen LogP contribution in [0.5, 0.6) is 0 Å². The third-order valence-corrected chi connectivity index (χ3v) is 2.47. The molecule has 0 fully saturated rings. The lowest BCUT2D eigenvalue weighted by Gasteiger charge is -2.01. The molecule has 60 valence electrons. The molecule has 0 atom stereocenters. The van der Waals surface area contributed by atoms with Gasteiger partial charge >= 0.3 is 0 Å². The summed E-state index contributed by atoms with van der Waals surface area (Å²) in [5.41, 5.74) is 4.88. The standard InChI is InChI=1S/C9H12BrN/c1-6(4-10)9-7(2)5-11-8(9)3/h5,11H,1,4H2,2-3H3. The topological polar surface area (TPSA) is 15.8 Å². The highest BCUT2D eigenvalue weighted by Gasteiger charge is 2.05. The van der Waals surface area contributed by atoms with Crippen LogP contribution in [0, 0.1) is 13.8 Å². The van der Waals surface area contributed by atoms with Crippen LogP contribution in [0.4, 0.5) is 0 Å². The van der Waals surface area contributed by atoms with E-state index in [-0.39, 0.29) is 0 Å². The highest BCUT2D eigenvalue weighted by atomic mass is 79.9. The Bertz CT molecular complexity index is 254. The maximum atomic E-state index is 3.97. The van der Waals surface area contributed by atoms with Gasteiger partial charge in [-0.05, 0) is 25.0 Å². The number of aromatic amines is 1. The quantitative estimate of drug-likeness (QED) is 0.728. The molecule has 1 rings (SSSR count). The summed E-state index contributed by atoms with van der Waals surface area (Å²) in [6.07, 6.45) is 2.01. The van der Waals surface area contributed by atoms with Gasteiger partial charge in [0.2, 0.25) is 0 Å². The Kier molecular flexibility index (Phi) is 2.55. The van der Waals surface area contributed by atoms with Crippen molar-refractivity contribution in [2.24, 2.45) is 0 Å². The van der Waals surface area contributed by atoms with Crippen LogP contribution in [-0.2, 0) is 0 Å². The van der Waals surface area contributed by atoms with E-state index in [1.807, 2.05) is 6.20 Å². The van der Waals surface area contributed by atoms with Crippen LogP contribution < -0.4 is 0 Å². The summed E-state index contributed by atoms with van der Waals surface area (Å²) in [4.78, 5) is 3.17. The second kappa shape index (κ2) is 3.26. The van der Waals surface area contributed by atoms with Gasteiger partial charge in [-0.25, -0.2) is 0 Å². The first-order valence-corrected chi connectivity index (χ1v) is 4.67. The lowest BCUT2D eigenvalue weighted by atomic mass is 10.1. The van der Waals surface area contributed by atoms with Gasteiger partial charge in [0.05, 0.1) is 0 Å². The molecule has 0 spiro atoms. The minimum Gasteiger partial charge on any atom is -0.364 e. The number of alkyl halides is 1. The van der Waals surface area contributed by atoms with Crippen LogP contribution in [0.1, 0.15) is 16.8 Å². The van der Waals surface area contributed by atoms with E-state index in [1.54, 1.807) is 0 Å². The number of halogens is 1. The maximum absolute atomic E-state index is 3.97. The number of nitrogens with one attached hydrogen (secondary N) is 1. The van der Waals surface area contributed by atoms with Gasteiger partial charge in [-0.15, -0.1) is 0 Å². The fraction of sp³-hybridized carbons (Fsp3) is 0.333. The number of H-pyrrole nitrogens is 1. The summed E-state index contributed by atoms with van der Waals surface area (Å²) in [5, 5.41) is 0.840. The molecule has 0 amide bonds. The molecule has 11 heavy (non-hydrogen) atoms. The number of hydrogen-bond acceptors (Lipinski definition) is 0. The zero-order valence-electron chi connectivity index (χ0n) is 6.87. The molecule has 1 N–H and O–H groups in total. The van der Waals surface area contributed by atoms with Gasteiger partial charge in [-0.3, -0.25) is 0 Å². The van der Waals surface area contributed by atoms with E-state index in [0.29, 0.717) is 0 Å². The lowest BCUT2D eigenvalue weighted by Crippen LogP contribution is -1.86. The number of hydrogen-bond donors (Lipinski definition) is 1. The van der Waals surface area contributed by atoms with Gasteiger partial charge in [0.1, 0.15) is 0 Å². The molecule has 1 heterocycles. The SMILES string of the molecule is C=C(CBr)c1c(C)c[nH]c1C. The van der Waals surface area contributed by atoms with Crippen LogP contribution in [0.15, 0.2) is 12.8 Å². The molecule has 0 bridgehead atoms. The minimum absolute atomic E-state index is 0.840. The van der Waals surface area contributed by atoms with E-state index in [0.717, 1.165) is 10.9 Å². The molecule has 0 aliphatic heterocycles. The number of aryl methyl sites for hydroxylation is 2. The summed E-state index contributed by atoms with van der Waals surface area (Å²) in [6.45, 7) is 8.13. The summed E-state index contributed by atoms with van der Waals surface area (Å²) >= 11 is 3.39. The van der Waals surface area contributed by atoms with Gasteiger partial charge in [0, 0.05) is 22.8 Å². The third-order valence-electron chi connectivity index (χ3n) is 1.79. The lowest BCUT2D eigenvalue weighted by molar-refractivity contribution is 1.25. The summed E-state index contributed by atoms with van der Waals surface area (Å²) in [7, 11) is 0. The van der Waals surface area contributed by atoms with Crippen molar-refractivity contribution in [3.63, 3.8) is 0 Å². The van der Waals surface area contributed by atoms with Crippen molar-refractivity contribution in [1.29, 1.82) is 0 Å². The molecule has 0 aromatic carbocycles. The number of aromatic nitrogens is 1. The van der Waals surface area contributed by atoms with Gasteiger partial charge in [0.25, 0.3) is 0 Å². The average molecular weight is 214 g/mol. The Labute approximate surface area is 75.6 Å². The molecular weight excluding hydrogens is 202 g/mol. The normalized spacial score (nSPS) is 10.1. The molecule has 1 nitrogen and oxygen atoms in total. The molecule has 1 aromatic heterocycles. The molecule has 0 unspecified atom stereocenters. The van der Waals surface area contributed by atoms with Crippen molar-refractivity contribution in [2.45, 2.75) is 13.8 Å². The van der Waals surface area contributed by atoms with Crippen LogP contribution in [0.3, 0.4) is 0 Å².